The minimum Gasteiger partial charge on any atom is -0.314 e. The van der Waals surface area contributed by atoms with Crippen LogP contribution in [0.3, 0.4) is 0 Å². The van der Waals surface area contributed by atoms with Gasteiger partial charge in [0.2, 0.25) is 0 Å². The zero-order valence-electron chi connectivity index (χ0n) is 13.2. The molecular weight excluding hydrogens is 282 g/mol. The van der Waals surface area contributed by atoms with Crippen LogP contribution < -0.4 is 5.32 Å². The molecule has 1 aliphatic rings. The molecule has 2 aromatic carbocycles. The van der Waals surface area contributed by atoms with Gasteiger partial charge in [-0.1, -0.05) is 48.5 Å². The molecule has 1 fully saturated rings. The highest BCUT2D eigenvalue weighted by Gasteiger charge is 2.23. The molecule has 1 N–H and O–H groups in total. The molecule has 0 saturated carbocycles. The summed E-state index contributed by atoms with van der Waals surface area (Å²) in [4.78, 5) is 7.16. The number of hydrogen-bond acceptors (Lipinski definition) is 3. The van der Waals surface area contributed by atoms with Crippen molar-refractivity contribution in [1.29, 1.82) is 0 Å². The van der Waals surface area contributed by atoms with Gasteiger partial charge in [-0.2, -0.15) is 0 Å². The number of aromatic nitrogens is 1. The molecule has 0 bridgehead atoms. The fourth-order valence-corrected chi connectivity index (χ4v) is 3.38. The molecule has 3 nitrogen and oxygen atoms in total. The zero-order chi connectivity index (χ0) is 15.5. The molecule has 3 heteroatoms. The van der Waals surface area contributed by atoms with Crippen molar-refractivity contribution in [3.05, 3.63) is 78.0 Å². The molecule has 23 heavy (non-hydrogen) atoms. The largest absolute Gasteiger partial charge is 0.314 e. The highest BCUT2D eigenvalue weighted by Crippen LogP contribution is 2.24. The van der Waals surface area contributed by atoms with E-state index >= 15 is 0 Å². The SMILES string of the molecule is c1ccc(C2CNCCN2Cc2cnc3ccccc3c2)cc1. The van der Waals surface area contributed by atoms with Crippen molar-refractivity contribution in [3.63, 3.8) is 0 Å². The fraction of sp³-hybridized carbons (Fsp3) is 0.250. The van der Waals surface area contributed by atoms with E-state index in [1.807, 2.05) is 12.3 Å². The number of benzene rings is 2. The number of nitrogens with zero attached hydrogens (tertiary/aromatic N) is 2. The lowest BCUT2D eigenvalue weighted by atomic mass is 10.0. The van der Waals surface area contributed by atoms with E-state index in [0.717, 1.165) is 31.7 Å². The summed E-state index contributed by atoms with van der Waals surface area (Å²) in [6.45, 7) is 4.06. The molecule has 116 valence electrons. The van der Waals surface area contributed by atoms with Crippen LogP contribution in [0.4, 0.5) is 0 Å². The number of piperazine rings is 1. The van der Waals surface area contributed by atoms with Crippen molar-refractivity contribution >= 4 is 10.9 Å². The first-order chi connectivity index (χ1) is 11.4. The number of fused-ring (bicyclic) bond motifs is 1. The predicted molar refractivity (Wildman–Crippen MR) is 94.2 cm³/mol. The van der Waals surface area contributed by atoms with E-state index in [-0.39, 0.29) is 0 Å². The third kappa shape index (κ3) is 3.11. The molecule has 0 spiro atoms. The van der Waals surface area contributed by atoms with Gasteiger partial charge in [0, 0.05) is 43.8 Å². The van der Waals surface area contributed by atoms with E-state index in [0.29, 0.717) is 6.04 Å². The Kier molecular flexibility index (Phi) is 4.05. The Morgan fingerprint density at radius 2 is 1.87 bits per heavy atom. The molecular formula is C20H21N3. The summed E-state index contributed by atoms with van der Waals surface area (Å²) in [6, 6.07) is 21.8. The van der Waals surface area contributed by atoms with Gasteiger partial charge in [0.1, 0.15) is 0 Å². The summed E-state index contributed by atoms with van der Waals surface area (Å²) >= 11 is 0. The molecule has 1 aromatic heterocycles. The maximum absolute atomic E-state index is 4.60. The third-order valence-electron chi connectivity index (χ3n) is 4.57. The van der Waals surface area contributed by atoms with Gasteiger partial charge in [-0.15, -0.1) is 0 Å². The van der Waals surface area contributed by atoms with Gasteiger partial charge in [0.05, 0.1) is 5.52 Å². The Morgan fingerprint density at radius 3 is 2.78 bits per heavy atom. The molecule has 4 rings (SSSR count). The summed E-state index contributed by atoms with van der Waals surface area (Å²) in [5.74, 6) is 0. The Labute approximate surface area is 137 Å². The van der Waals surface area contributed by atoms with Gasteiger partial charge in [-0.25, -0.2) is 0 Å². The minimum absolute atomic E-state index is 0.427. The van der Waals surface area contributed by atoms with Crippen LogP contribution in [0.15, 0.2) is 66.9 Å². The second-order valence-corrected chi connectivity index (χ2v) is 6.14. The van der Waals surface area contributed by atoms with Gasteiger partial charge in [-0.05, 0) is 23.3 Å². The van der Waals surface area contributed by atoms with E-state index in [2.05, 4.69) is 69.8 Å². The van der Waals surface area contributed by atoms with Gasteiger partial charge in [-0.3, -0.25) is 9.88 Å². The lowest BCUT2D eigenvalue weighted by Gasteiger charge is -2.36. The summed E-state index contributed by atoms with van der Waals surface area (Å²) in [7, 11) is 0. The van der Waals surface area contributed by atoms with Crippen molar-refractivity contribution in [2.75, 3.05) is 19.6 Å². The fourth-order valence-electron chi connectivity index (χ4n) is 3.38. The van der Waals surface area contributed by atoms with E-state index in [9.17, 15) is 0 Å². The second-order valence-electron chi connectivity index (χ2n) is 6.14. The first-order valence-electron chi connectivity index (χ1n) is 8.23. The molecule has 1 aliphatic heterocycles. The first kappa shape index (κ1) is 14.4. The molecule has 0 radical (unpaired) electrons. The molecule has 1 saturated heterocycles. The number of nitrogens with one attached hydrogen (secondary N) is 1. The van der Waals surface area contributed by atoms with Gasteiger partial charge in [0.15, 0.2) is 0 Å². The van der Waals surface area contributed by atoms with Crippen LogP contribution in [0.5, 0.6) is 0 Å². The number of rotatable bonds is 3. The lowest BCUT2D eigenvalue weighted by molar-refractivity contribution is 0.153. The highest BCUT2D eigenvalue weighted by molar-refractivity contribution is 5.78. The molecule has 1 atom stereocenters. The van der Waals surface area contributed by atoms with E-state index in [1.165, 1.54) is 16.5 Å². The van der Waals surface area contributed by atoms with Crippen LogP contribution >= 0.6 is 0 Å². The van der Waals surface area contributed by atoms with Crippen LogP contribution in [0.25, 0.3) is 10.9 Å². The maximum Gasteiger partial charge on any atom is 0.0702 e. The molecule has 0 aliphatic carbocycles. The third-order valence-corrected chi connectivity index (χ3v) is 4.57. The molecule has 0 amide bonds. The summed E-state index contributed by atoms with van der Waals surface area (Å²) in [6.07, 6.45) is 2.02. The summed E-state index contributed by atoms with van der Waals surface area (Å²) in [5, 5.41) is 4.74. The molecule has 1 unspecified atom stereocenters. The van der Waals surface area contributed by atoms with Crippen molar-refractivity contribution in [2.24, 2.45) is 0 Å². The van der Waals surface area contributed by atoms with Gasteiger partial charge < -0.3 is 5.32 Å². The van der Waals surface area contributed by atoms with E-state index in [1.54, 1.807) is 0 Å². The summed E-state index contributed by atoms with van der Waals surface area (Å²) in [5.41, 5.74) is 3.73. The smallest absolute Gasteiger partial charge is 0.0702 e. The Hall–Kier alpha value is -2.23. The van der Waals surface area contributed by atoms with E-state index in [4.69, 9.17) is 0 Å². The summed E-state index contributed by atoms with van der Waals surface area (Å²) < 4.78 is 0. The minimum atomic E-state index is 0.427. The van der Waals surface area contributed by atoms with Crippen LogP contribution in [-0.4, -0.2) is 29.5 Å². The Bertz CT molecular complexity index is 785. The van der Waals surface area contributed by atoms with Crippen molar-refractivity contribution in [3.8, 4) is 0 Å². The van der Waals surface area contributed by atoms with E-state index < -0.39 is 0 Å². The highest BCUT2D eigenvalue weighted by atomic mass is 15.2. The van der Waals surface area contributed by atoms with Crippen LogP contribution in [0.2, 0.25) is 0 Å². The lowest BCUT2D eigenvalue weighted by Crippen LogP contribution is -2.45. The van der Waals surface area contributed by atoms with Gasteiger partial charge in [0.25, 0.3) is 0 Å². The van der Waals surface area contributed by atoms with Crippen LogP contribution in [-0.2, 0) is 6.54 Å². The Balaban J connectivity index is 1.59. The number of pyridine rings is 1. The second kappa shape index (κ2) is 6.49. The van der Waals surface area contributed by atoms with Crippen molar-refractivity contribution < 1.29 is 0 Å². The average molecular weight is 303 g/mol. The predicted octanol–water partition coefficient (Wildman–Crippen LogP) is 3.38. The molecule has 2 heterocycles. The number of para-hydroxylation sites is 1. The van der Waals surface area contributed by atoms with Crippen molar-refractivity contribution in [2.45, 2.75) is 12.6 Å². The maximum atomic E-state index is 4.60. The number of hydrogen-bond donors (Lipinski definition) is 1. The quantitative estimate of drug-likeness (QED) is 0.804. The van der Waals surface area contributed by atoms with Crippen molar-refractivity contribution in [1.82, 2.24) is 15.2 Å². The standard InChI is InChI=1S/C20H21N3/c1-2-6-17(7-3-1)20-14-21-10-11-23(20)15-16-12-18-8-4-5-9-19(18)22-13-16/h1-9,12-13,20-21H,10-11,14-15H2. The first-order valence-corrected chi connectivity index (χ1v) is 8.23. The normalized spacial score (nSPS) is 19.0. The molecule has 3 aromatic rings. The van der Waals surface area contributed by atoms with Crippen LogP contribution in [0, 0.1) is 0 Å². The zero-order valence-corrected chi connectivity index (χ0v) is 13.2. The monoisotopic (exact) mass is 303 g/mol. The average Bonchev–Trinajstić information content (AvgIpc) is 2.63. The van der Waals surface area contributed by atoms with Gasteiger partial charge >= 0.3 is 0 Å². The van der Waals surface area contributed by atoms with Crippen LogP contribution in [0.1, 0.15) is 17.2 Å². The Morgan fingerprint density at radius 1 is 1.04 bits per heavy atom. The topological polar surface area (TPSA) is 28.2 Å².